The van der Waals surface area contributed by atoms with Crippen LogP contribution in [-0.2, 0) is 16.1 Å². The molecule has 2 aromatic rings. The molecule has 2 aliphatic rings. The second-order valence-corrected chi connectivity index (χ2v) is 7.95. The first-order chi connectivity index (χ1) is 13.5. The quantitative estimate of drug-likeness (QED) is 0.743. The lowest BCUT2D eigenvalue weighted by molar-refractivity contribution is -0.123. The first kappa shape index (κ1) is 19.1. The molecule has 2 aromatic carbocycles. The summed E-state index contributed by atoms with van der Waals surface area (Å²) in [5.74, 6) is -0.334. The third-order valence-corrected chi connectivity index (χ3v) is 5.87. The number of hydrogen-bond acceptors (Lipinski definition) is 4. The van der Waals surface area contributed by atoms with E-state index in [1.807, 2.05) is 19.1 Å². The van der Waals surface area contributed by atoms with Gasteiger partial charge in [0, 0.05) is 32.7 Å². The topological polar surface area (TPSA) is 43.9 Å². The Morgan fingerprint density at radius 3 is 2.39 bits per heavy atom. The van der Waals surface area contributed by atoms with E-state index in [0.717, 1.165) is 38.3 Å². The molecule has 2 heterocycles. The Bertz CT molecular complexity index is 879. The summed E-state index contributed by atoms with van der Waals surface area (Å²) < 4.78 is 0. The van der Waals surface area contributed by atoms with Crippen LogP contribution < -0.4 is 4.90 Å². The molecule has 2 saturated heterocycles. The Balaban J connectivity index is 1.41. The summed E-state index contributed by atoms with van der Waals surface area (Å²) in [6, 6.07) is 15.4. The van der Waals surface area contributed by atoms with Gasteiger partial charge in [0.05, 0.1) is 23.2 Å². The van der Waals surface area contributed by atoms with Crippen LogP contribution >= 0.6 is 11.6 Å². The number of piperazine rings is 1. The number of amides is 2. The summed E-state index contributed by atoms with van der Waals surface area (Å²) in [7, 11) is 0. The molecule has 0 bridgehead atoms. The maximum Gasteiger partial charge on any atom is 0.251 e. The van der Waals surface area contributed by atoms with Crippen molar-refractivity contribution in [2.45, 2.75) is 25.9 Å². The summed E-state index contributed by atoms with van der Waals surface area (Å²) in [5, 5.41) is 0.440. The number of halogens is 1. The van der Waals surface area contributed by atoms with Crippen LogP contribution in [-0.4, -0.2) is 53.8 Å². The minimum atomic E-state index is -0.385. The Morgan fingerprint density at radius 1 is 1.00 bits per heavy atom. The van der Waals surface area contributed by atoms with Crippen molar-refractivity contribution < 1.29 is 9.59 Å². The highest BCUT2D eigenvalue weighted by Crippen LogP contribution is 2.32. The average molecular weight is 398 g/mol. The lowest BCUT2D eigenvalue weighted by atomic mass is 10.1. The lowest BCUT2D eigenvalue weighted by Crippen LogP contribution is -2.52. The van der Waals surface area contributed by atoms with E-state index in [4.69, 9.17) is 11.6 Å². The van der Waals surface area contributed by atoms with Crippen LogP contribution in [0.1, 0.15) is 17.5 Å². The average Bonchev–Trinajstić information content (AvgIpc) is 2.98. The molecule has 2 amide bonds. The zero-order valence-electron chi connectivity index (χ0n) is 16.0. The van der Waals surface area contributed by atoms with E-state index in [-0.39, 0.29) is 24.3 Å². The molecule has 0 N–H and O–H groups in total. The fraction of sp³-hybridized carbons (Fsp3) is 0.364. The van der Waals surface area contributed by atoms with Gasteiger partial charge in [-0.25, -0.2) is 4.90 Å². The molecule has 5 nitrogen and oxygen atoms in total. The second-order valence-electron chi connectivity index (χ2n) is 7.54. The van der Waals surface area contributed by atoms with Crippen molar-refractivity contribution in [1.82, 2.24) is 9.80 Å². The molecule has 0 unspecified atom stereocenters. The van der Waals surface area contributed by atoms with Crippen LogP contribution in [0, 0.1) is 6.92 Å². The maximum atomic E-state index is 13.0. The van der Waals surface area contributed by atoms with Crippen molar-refractivity contribution >= 4 is 29.1 Å². The molecule has 146 valence electrons. The van der Waals surface area contributed by atoms with Gasteiger partial charge in [-0.1, -0.05) is 48.0 Å². The Labute approximate surface area is 170 Å². The van der Waals surface area contributed by atoms with Crippen molar-refractivity contribution in [3.05, 3.63) is 64.7 Å². The fourth-order valence-corrected chi connectivity index (χ4v) is 4.34. The van der Waals surface area contributed by atoms with Gasteiger partial charge < -0.3 is 0 Å². The van der Waals surface area contributed by atoms with Gasteiger partial charge in [0.25, 0.3) is 5.91 Å². The first-order valence-electron chi connectivity index (χ1n) is 9.66. The number of hydrogen-bond donors (Lipinski definition) is 0. The molecule has 2 aliphatic heterocycles. The third kappa shape index (κ3) is 3.83. The number of rotatable bonds is 4. The minimum Gasteiger partial charge on any atom is -0.297 e. The van der Waals surface area contributed by atoms with E-state index in [2.05, 4.69) is 34.1 Å². The van der Waals surface area contributed by atoms with E-state index in [1.165, 1.54) is 10.5 Å². The Morgan fingerprint density at radius 2 is 1.71 bits per heavy atom. The molecule has 0 aromatic heterocycles. The number of benzene rings is 2. The highest BCUT2D eigenvalue weighted by molar-refractivity contribution is 6.36. The molecule has 0 radical (unpaired) electrons. The van der Waals surface area contributed by atoms with Gasteiger partial charge in [0.15, 0.2) is 0 Å². The summed E-state index contributed by atoms with van der Waals surface area (Å²) in [6.45, 7) is 6.19. The van der Waals surface area contributed by atoms with Gasteiger partial charge in [-0.15, -0.1) is 0 Å². The van der Waals surface area contributed by atoms with Gasteiger partial charge in [-0.05, 0) is 30.2 Å². The second kappa shape index (κ2) is 8.03. The monoisotopic (exact) mass is 397 g/mol. The van der Waals surface area contributed by atoms with Crippen molar-refractivity contribution in [2.24, 2.45) is 0 Å². The van der Waals surface area contributed by atoms with Crippen molar-refractivity contribution in [1.29, 1.82) is 0 Å². The van der Waals surface area contributed by atoms with Crippen LogP contribution in [0.15, 0.2) is 48.5 Å². The lowest BCUT2D eigenvalue weighted by Gasteiger charge is -2.37. The SMILES string of the molecule is Cc1ccc(N2C(=O)C[C@H](N3CCN(Cc4ccccc4)CC3)C2=O)c(Cl)c1. The molecule has 0 saturated carbocycles. The van der Waals surface area contributed by atoms with E-state index in [1.54, 1.807) is 12.1 Å². The van der Waals surface area contributed by atoms with Crippen LogP contribution in [0.4, 0.5) is 5.69 Å². The standard InChI is InChI=1S/C22H24ClN3O2/c1-16-7-8-19(18(23)13-16)26-21(27)14-20(22(26)28)25-11-9-24(10-12-25)15-17-5-3-2-4-6-17/h2-8,13,20H,9-12,14-15H2,1H3/t20-/m0/s1. The van der Waals surface area contributed by atoms with Gasteiger partial charge >= 0.3 is 0 Å². The largest absolute Gasteiger partial charge is 0.297 e. The van der Waals surface area contributed by atoms with Crippen molar-refractivity contribution in [3.8, 4) is 0 Å². The summed E-state index contributed by atoms with van der Waals surface area (Å²) in [6.07, 6.45) is 0.224. The van der Waals surface area contributed by atoms with E-state index < -0.39 is 0 Å². The molecule has 6 heteroatoms. The fourth-order valence-electron chi connectivity index (χ4n) is 4.02. The molecule has 0 aliphatic carbocycles. The minimum absolute atomic E-state index is 0.160. The van der Waals surface area contributed by atoms with Gasteiger partial charge in [0.1, 0.15) is 0 Å². The number of carbonyl (C=O) groups excluding carboxylic acids is 2. The van der Waals surface area contributed by atoms with E-state index in [0.29, 0.717) is 10.7 Å². The van der Waals surface area contributed by atoms with Gasteiger partial charge in [-0.2, -0.15) is 0 Å². The van der Waals surface area contributed by atoms with Crippen LogP contribution in [0.25, 0.3) is 0 Å². The summed E-state index contributed by atoms with van der Waals surface area (Å²) in [4.78, 5) is 31.4. The number of imide groups is 1. The molecular weight excluding hydrogens is 374 g/mol. The van der Waals surface area contributed by atoms with Gasteiger partial charge in [0.2, 0.25) is 5.91 Å². The van der Waals surface area contributed by atoms with Crippen molar-refractivity contribution in [2.75, 3.05) is 31.1 Å². The number of carbonyl (C=O) groups is 2. The summed E-state index contributed by atoms with van der Waals surface area (Å²) >= 11 is 6.30. The number of nitrogens with zero attached hydrogens (tertiary/aromatic N) is 3. The Kier molecular flexibility index (Phi) is 5.49. The molecule has 1 atom stereocenters. The van der Waals surface area contributed by atoms with Crippen LogP contribution in [0.2, 0.25) is 5.02 Å². The normalized spacial score (nSPS) is 21.5. The van der Waals surface area contributed by atoms with Crippen LogP contribution in [0.5, 0.6) is 0 Å². The highest BCUT2D eigenvalue weighted by atomic mass is 35.5. The zero-order chi connectivity index (χ0) is 19.7. The number of anilines is 1. The predicted molar refractivity (Wildman–Crippen MR) is 110 cm³/mol. The highest BCUT2D eigenvalue weighted by Gasteiger charge is 2.43. The summed E-state index contributed by atoms with van der Waals surface area (Å²) in [5.41, 5.74) is 2.79. The van der Waals surface area contributed by atoms with Crippen LogP contribution in [0.3, 0.4) is 0 Å². The van der Waals surface area contributed by atoms with E-state index in [9.17, 15) is 9.59 Å². The zero-order valence-corrected chi connectivity index (χ0v) is 16.7. The molecular formula is C22H24ClN3O2. The van der Waals surface area contributed by atoms with Crippen molar-refractivity contribution in [3.63, 3.8) is 0 Å². The van der Waals surface area contributed by atoms with Gasteiger partial charge in [-0.3, -0.25) is 19.4 Å². The van der Waals surface area contributed by atoms with E-state index >= 15 is 0 Å². The smallest absolute Gasteiger partial charge is 0.251 e. The predicted octanol–water partition coefficient (Wildman–Crippen LogP) is 3.10. The Hall–Kier alpha value is -2.21. The molecule has 0 spiro atoms. The molecule has 2 fully saturated rings. The maximum absolute atomic E-state index is 13.0. The molecule has 28 heavy (non-hydrogen) atoms. The molecule has 4 rings (SSSR count). The third-order valence-electron chi connectivity index (χ3n) is 5.56. The first-order valence-corrected chi connectivity index (χ1v) is 10.0. The number of aryl methyl sites for hydroxylation is 1.